The van der Waals surface area contributed by atoms with Gasteiger partial charge in [-0.25, -0.2) is 0 Å². The van der Waals surface area contributed by atoms with Crippen LogP contribution in [-0.2, 0) is 16.0 Å². The molecular formula is C11H16BrNO2S. The first kappa shape index (κ1) is 13.7. The van der Waals surface area contributed by atoms with Crippen LogP contribution in [0.15, 0.2) is 16.8 Å². The number of ether oxygens (including phenoxy) is 1. The van der Waals surface area contributed by atoms with E-state index in [1.807, 2.05) is 0 Å². The van der Waals surface area contributed by atoms with Crippen molar-refractivity contribution in [3.8, 4) is 0 Å². The highest BCUT2D eigenvalue weighted by Crippen LogP contribution is 2.09. The predicted octanol–water partition coefficient (Wildman–Crippen LogP) is 2.21. The molecule has 2 unspecified atom stereocenters. The van der Waals surface area contributed by atoms with Crippen LogP contribution in [0.3, 0.4) is 0 Å². The third kappa shape index (κ3) is 4.63. The summed E-state index contributed by atoms with van der Waals surface area (Å²) in [6.45, 7) is 2.69. The lowest BCUT2D eigenvalue weighted by Gasteiger charge is -2.15. The number of esters is 1. The number of hydrogen-bond donors (Lipinski definition) is 1. The smallest absolute Gasteiger partial charge is 0.320 e. The highest BCUT2D eigenvalue weighted by atomic mass is 79.9. The number of rotatable bonds is 6. The van der Waals surface area contributed by atoms with E-state index in [4.69, 9.17) is 0 Å². The van der Waals surface area contributed by atoms with Crippen molar-refractivity contribution in [3.63, 3.8) is 0 Å². The Morgan fingerprint density at radius 2 is 2.44 bits per heavy atom. The van der Waals surface area contributed by atoms with Crippen molar-refractivity contribution in [2.75, 3.05) is 13.7 Å². The van der Waals surface area contributed by atoms with Crippen LogP contribution in [-0.4, -0.2) is 30.5 Å². The molecule has 0 aliphatic carbocycles. The minimum Gasteiger partial charge on any atom is -0.468 e. The SMILES string of the molecule is COC(=O)C(Br)CNC(C)Cc1ccsc1. The van der Waals surface area contributed by atoms with Crippen LogP contribution in [0.4, 0.5) is 0 Å². The quantitative estimate of drug-likeness (QED) is 0.647. The lowest BCUT2D eigenvalue weighted by atomic mass is 10.1. The van der Waals surface area contributed by atoms with Crippen molar-refractivity contribution in [1.82, 2.24) is 5.32 Å². The maximum absolute atomic E-state index is 11.1. The van der Waals surface area contributed by atoms with Gasteiger partial charge in [0.05, 0.1) is 7.11 Å². The van der Waals surface area contributed by atoms with Gasteiger partial charge in [0, 0.05) is 12.6 Å². The highest BCUT2D eigenvalue weighted by molar-refractivity contribution is 9.10. The Labute approximate surface area is 108 Å². The molecule has 3 nitrogen and oxygen atoms in total. The molecule has 0 saturated carbocycles. The summed E-state index contributed by atoms with van der Waals surface area (Å²) in [5.74, 6) is -0.241. The van der Waals surface area contributed by atoms with Gasteiger partial charge in [-0.3, -0.25) is 4.79 Å². The summed E-state index contributed by atoms with van der Waals surface area (Å²) >= 11 is 4.98. The fraction of sp³-hybridized carbons (Fsp3) is 0.545. The molecule has 1 rings (SSSR count). The second-order valence-electron chi connectivity index (χ2n) is 3.64. The van der Waals surface area contributed by atoms with Crippen LogP contribution in [0.1, 0.15) is 12.5 Å². The third-order valence-electron chi connectivity index (χ3n) is 2.22. The molecule has 2 atom stereocenters. The molecule has 5 heteroatoms. The van der Waals surface area contributed by atoms with Crippen LogP contribution < -0.4 is 5.32 Å². The number of thiophene rings is 1. The number of nitrogens with one attached hydrogen (secondary N) is 1. The third-order valence-corrected chi connectivity index (χ3v) is 3.65. The second kappa shape index (κ2) is 7.04. The van der Waals surface area contributed by atoms with Crippen molar-refractivity contribution in [2.24, 2.45) is 0 Å². The average Bonchev–Trinajstić information content (AvgIpc) is 2.77. The number of carbonyl (C=O) groups is 1. The van der Waals surface area contributed by atoms with Gasteiger partial charge in [-0.2, -0.15) is 11.3 Å². The van der Waals surface area contributed by atoms with Gasteiger partial charge < -0.3 is 10.1 Å². The van der Waals surface area contributed by atoms with Crippen LogP contribution >= 0.6 is 27.3 Å². The fourth-order valence-electron chi connectivity index (χ4n) is 1.35. The zero-order valence-electron chi connectivity index (χ0n) is 9.40. The fourth-order valence-corrected chi connectivity index (χ4v) is 2.41. The van der Waals surface area contributed by atoms with Crippen LogP contribution in [0.2, 0.25) is 0 Å². The van der Waals surface area contributed by atoms with Gasteiger partial charge >= 0.3 is 5.97 Å². The van der Waals surface area contributed by atoms with Gasteiger partial charge in [0.15, 0.2) is 0 Å². The van der Waals surface area contributed by atoms with Gasteiger partial charge in [-0.15, -0.1) is 0 Å². The Morgan fingerprint density at radius 3 is 3.00 bits per heavy atom. The molecule has 0 bridgehead atoms. The summed E-state index contributed by atoms with van der Waals surface area (Å²) in [6, 6.07) is 2.47. The molecule has 1 N–H and O–H groups in total. The molecule has 16 heavy (non-hydrogen) atoms. The van der Waals surface area contributed by atoms with Gasteiger partial charge in [0.1, 0.15) is 4.83 Å². The standard InChI is InChI=1S/C11H16BrNO2S/c1-8(5-9-3-4-16-7-9)13-6-10(12)11(14)15-2/h3-4,7-8,10,13H,5-6H2,1-2H3. The molecule has 0 aromatic carbocycles. The maximum atomic E-state index is 11.1. The van der Waals surface area contributed by atoms with Gasteiger partial charge in [0.25, 0.3) is 0 Å². The van der Waals surface area contributed by atoms with E-state index in [1.54, 1.807) is 11.3 Å². The molecule has 0 saturated heterocycles. The Balaban J connectivity index is 2.24. The second-order valence-corrected chi connectivity index (χ2v) is 5.52. The summed E-state index contributed by atoms with van der Waals surface area (Å²) in [5.41, 5.74) is 1.33. The normalized spacial score (nSPS) is 14.4. The number of halogens is 1. The Bertz CT molecular complexity index is 316. The summed E-state index contributed by atoms with van der Waals surface area (Å²) in [4.78, 5) is 10.9. The molecule has 0 radical (unpaired) electrons. The molecule has 0 fully saturated rings. The number of hydrogen-bond acceptors (Lipinski definition) is 4. The van der Waals surface area contributed by atoms with Gasteiger partial charge in [0.2, 0.25) is 0 Å². The van der Waals surface area contributed by atoms with E-state index in [1.165, 1.54) is 12.7 Å². The molecule has 1 aromatic heterocycles. The molecule has 0 spiro atoms. The summed E-state index contributed by atoms with van der Waals surface area (Å²) in [6.07, 6.45) is 0.977. The highest BCUT2D eigenvalue weighted by Gasteiger charge is 2.15. The number of carbonyl (C=O) groups excluding carboxylic acids is 1. The van der Waals surface area contributed by atoms with Crippen molar-refractivity contribution in [2.45, 2.75) is 24.2 Å². The largest absolute Gasteiger partial charge is 0.468 e. The van der Waals surface area contributed by atoms with Crippen LogP contribution in [0.5, 0.6) is 0 Å². The Morgan fingerprint density at radius 1 is 1.69 bits per heavy atom. The average molecular weight is 306 g/mol. The van der Waals surface area contributed by atoms with Crippen LogP contribution in [0.25, 0.3) is 0 Å². The van der Waals surface area contributed by atoms with E-state index in [0.717, 1.165) is 6.42 Å². The maximum Gasteiger partial charge on any atom is 0.320 e. The van der Waals surface area contributed by atoms with E-state index in [0.29, 0.717) is 12.6 Å². The van der Waals surface area contributed by atoms with E-state index in [9.17, 15) is 4.79 Å². The minimum absolute atomic E-state index is 0.241. The predicted molar refractivity (Wildman–Crippen MR) is 70.2 cm³/mol. The summed E-state index contributed by atoms with van der Waals surface area (Å²) in [5, 5.41) is 7.51. The summed E-state index contributed by atoms with van der Waals surface area (Å²) in [7, 11) is 1.39. The first-order valence-corrected chi connectivity index (χ1v) is 6.95. The zero-order valence-corrected chi connectivity index (χ0v) is 11.8. The monoisotopic (exact) mass is 305 g/mol. The summed E-state index contributed by atoms with van der Waals surface area (Å²) < 4.78 is 4.63. The van der Waals surface area contributed by atoms with E-state index < -0.39 is 0 Å². The molecule has 1 heterocycles. The molecule has 0 aliphatic rings. The van der Waals surface area contributed by atoms with E-state index in [2.05, 4.69) is 49.7 Å². The zero-order chi connectivity index (χ0) is 12.0. The topological polar surface area (TPSA) is 38.3 Å². The van der Waals surface area contributed by atoms with Crippen LogP contribution in [0, 0.1) is 0 Å². The lowest BCUT2D eigenvalue weighted by molar-refractivity contribution is -0.139. The molecule has 1 aromatic rings. The van der Waals surface area contributed by atoms with Gasteiger partial charge in [-0.1, -0.05) is 15.9 Å². The van der Waals surface area contributed by atoms with Crippen molar-refractivity contribution in [1.29, 1.82) is 0 Å². The Hall–Kier alpha value is -0.390. The van der Waals surface area contributed by atoms with E-state index in [-0.39, 0.29) is 10.8 Å². The minimum atomic E-state index is -0.276. The Kier molecular flexibility index (Phi) is 6.01. The van der Waals surface area contributed by atoms with Crippen molar-refractivity contribution >= 4 is 33.2 Å². The van der Waals surface area contributed by atoms with Gasteiger partial charge in [-0.05, 0) is 35.7 Å². The first-order chi connectivity index (χ1) is 7.63. The molecule has 0 aliphatic heterocycles. The van der Waals surface area contributed by atoms with E-state index >= 15 is 0 Å². The first-order valence-electron chi connectivity index (χ1n) is 5.10. The lowest BCUT2D eigenvalue weighted by Crippen LogP contribution is -2.36. The molecule has 90 valence electrons. The molecule has 0 amide bonds. The number of methoxy groups -OCH3 is 1. The molecular weight excluding hydrogens is 290 g/mol. The van der Waals surface area contributed by atoms with Crippen molar-refractivity contribution in [3.05, 3.63) is 22.4 Å². The van der Waals surface area contributed by atoms with Crippen molar-refractivity contribution < 1.29 is 9.53 Å². The number of alkyl halides is 1.